The van der Waals surface area contributed by atoms with Gasteiger partial charge >= 0.3 is 6.02 Å². The quantitative estimate of drug-likeness (QED) is 0.312. The summed E-state index contributed by atoms with van der Waals surface area (Å²) in [5, 5.41) is 8.80. The van der Waals surface area contributed by atoms with Gasteiger partial charge in [-0.3, -0.25) is 10.1 Å². The molecular formula is C5H9N3O2. The first-order chi connectivity index (χ1) is 4.70. The van der Waals surface area contributed by atoms with Gasteiger partial charge in [0.25, 0.3) is 0 Å². The molecular weight excluding hydrogens is 134 g/mol. The van der Waals surface area contributed by atoms with Crippen LogP contribution in [0.25, 0.3) is 0 Å². The van der Waals surface area contributed by atoms with Crippen molar-refractivity contribution in [2.45, 2.75) is 6.92 Å². The second-order valence-electron chi connectivity index (χ2n) is 1.43. The van der Waals surface area contributed by atoms with Crippen molar-refractivity contribution >= 4 is 18.6 Å². The molecule has 0 rings (SSSR count). The summed E-state index contributed by atoms with van der Waals surface area (Å²) in [7, 11) is 1.37. The van der Waals surface area contributed by atoms with Gasteiger partial charge in [0.1, 0.15) is 0 Å². The van der Waals surface area contributed by atoms with E-state index in [1.807, 2.05) is 0 Å². The summed E-state index contributed by atoms with van der Waals surface area (Å²) < 4.78 is 4.59. The van der Waals surface area contributed by atoms with E-state index < -0.39 is 0 Å². The van der Waals surface area contributed by atoms with Gasteiger partial charge in [-0.2, -0.15) is 5.10 Å². The number of methoxy groups -OCH3 is 1. The predicted molar refractivity (Wildman–Crippen MR) is 37.8 cm³/mol. The van der Waals surface area contributed by atoms with Gasteiger partial charge in [0, 0.05) is 13.6 Å². The van der Waals surface area contributed by atoms with Crippen LogP contribution in [-0.2, 0) is 9.53 Å². The molecule has 1 N–H and O–H groups in total. The number of hydrogen-bond donors (Lipinski definition) is 1. The van der Waals surface area contributed by atoms with Crippen LogP contribution in [0.4, 0.5) is 0 Å². The molecule has 0 unspecified atom stereocenters. The lowest BCUT2D eigenvalue weighted by molar-refractivity contribution is -0.117. The molecule has 0 heterocycles. The van der Waals surface area contributed by atoms with E-state index in [0.717, 1.165) is 0 Å². The Morgan fingerprint density at radius 2 is 2.30 bits per heavy atom. The van der Waals surface area contributed by atoms with E-state index in [-0.39, 0.29) is 11.9 Å². The zero-order valence-corrected chi connectivity index (χ0v) is 5.92. The third-order valence-corrected chi connectivity index (χ3v) is 0.638. The van der Waals surface area contributed by atoms with Crippen LogP contribution in [0, 0.1) is 0 Å². The van der Waals surface area contributed by atoms with Gasteiger partial charge in [-0.1, -0.05) is 5.10 Å². The summed E-state index contributed by atoms with van der Waals surface area (Å²) >= 11 is 0. The van der Waals surface area contributed by atoms with Crippen molar-refractivity contribution < 1.29 is 9.53 Å². The summed E-state index contributed by atoms with van der Waals surface area (Å²) in [6, 6.07) is 0.0440. The number of carbonyl (C=O) groups is 1. The molecule has 0 aliphatic rings. The Bertz CT molecular complexity index is 164. The van der Waals surface area contributed by atoms with Crippen molar-refractivity contribution in [2.24, 2.45) is 10.2 Å². The van der Waals surface area contributed by atoms with Gasteiger partial charge in [-0.15, -0.1) is 0 Å². The number of nitrogens with one attached hydrogen (secondary N) is 1. The van der Waals surface area contributed by atoms with E-state index in [1.165, 1.54) is 14.0 Å². The van der Waals surface area contributed by atoms with Crippen molar-refractivity contribution in [3.63, 3.8) is 0 Å². The maximum absolute atomic E-state index is 10.4. The lowest BCUT2D eigenvalue weighted by atomic mass is 10.7. The average Bonchev–Trinajstić information content (AvgIpc) is 1.86. The maximum atomic E-state index is 10.4. The molecule has 0 radical (unpaired) electrons. The van der Waals surface area contributed by atoms with Crippen LogP contribution in [-0.4, -0.2) is 25.8 Å². The topological polar surface area (TPSA) is 63.0 Å². The zero-order valence-electron chi connectivity index (χ0n) is 5.92. The molecule has 5 heteroatoms. The monoisotopic (exact) mass is 143 g/mol. The number of hydrogen-bond acceptors (Lipinski definition) is 4. The Morgan fingerprint density at radius 3 is 2.60 bits per heavy atom. The predicted octanol–water partition coefficient (Wildman–Crippen LogP) is -0.260. The van der Waals surface area contributed by atoms with Gasteiger partial charge in [0.2, 0.25) is 5.91 Å². The van der Waals surface area contributed by atoms with Gasteiger partial charge in [-0.25, -0.2) is 0 Å². The van der Waals surface area contributed by atoms with Crippen LogP contribution in [0.5, 0.6) is 0 Å². The van der Waals surface area contributed by atoms with Crippen LogP contribution in [0.15, 0.2) is 10.2 Å². The molecule has 0 aliphatic carbocycles. The lowest BCUT2D eigenvalue weighted by Crippen LogP contribution is -2.29. The largest absolute Gasteiger partial charge is 0.467 e. The Hall–Kier alpha value is -1.39. The molecule has 0 aromatic carbocycles. The second-order valence-corrected chi connectivity index (χ2v) is 1.43. The van der Waals surface area contributed by atoms with E-state index in [4.69, 9.17) is 0 Å². The number of nitrogens with zero attached hydrogens (tertiary/aromatic N) is 2. The van der Waals surface area contributed by atoms with Gasteiger partial charge < -0.3 is 4.74 Å². The molecule has 0 saturated carbocycles. The summed E-state index contributed by atoms with van der Waals surface area (Å²) in [5.41, 5.74) is 0. The van der Waals surface area contributed by atoms with E-state index in [0.29, 0.717) is 0 Å². The number of amides is 1. The highest BCUT2D eigenvalue weighted by molar-refractivity contribution is 5.92. The molecule has 0 aromatic heterocycles. The lowest BCUT2D eigenvalue weighted by Gasteiger charge is -2.00. The average molecular weight is 143 g/mol. The normalized spacial score (nSPS) is 10.4. The molecule has 0 spiro atoms. The highest BCUT2D eigenvalue weighted by atomic mass is 16.5. The fourth-order valence-electron chi connectivity index (χ4n) is 0.332. The Labute approximate surface area is 58.8 Å². The van der Waals surface area contributed by atoms with Crippen LogP contribution >= 0.6 is 0 Å². The summed E-state index contributed by atoms with van der Waals surface area (Å²) in [6.45, 7) is 4.43. The van der Waals surface area contributed by atoms with Crippen molar-refractivity contribution in [1.29, 1.82) is 0 Å². The Balaban J connectivity index is 3.95. The molecule has 0 saturated heterocycles. The van der Waals surface area contributed by atoms with E-state index >= 15 is 0 Å². The highest BCUT2D eigenvalue weighted by Gasteiger charge is 1.97. The fraction of sp³-hybridized carbons (Fsp3) is 0.400. The molecule has 0 atom stereocenters. The second kappa shape index (κ2) is 4.49. The van der Waals surface area contributed by atoms with Gasteiger partial charge in [-0.05, 0) is 0 Å². The third kappa shape index (κ3) is 3.59. The smallest absolute Gasteiger partial charge is 0.315 e. The Kier molecular flexibility index (Phi) is 3.86. The van der Waals surface area contributed by atoms with Crippen LogP contribution in [0.1, 0.15) is 6.92 Å². The number of amidine groups is 1. The minimum atomic E-state index is -0.260. The van der Waals surface area contributed by atoms with Gasteiger partial charge in [0.15, 0.2) is 0 Å². The van der Waals surface area contributed by atoms with Crippen molar-refractivity contribution in [2.75, 3.05) is 7.11 Å². The van der Waals surface area contributed by atoms with Crippen LogP contribution < -0.4 is 5.32 Å². The van der Waals surface area contributed by atoms with Crippen LogP contribution in [0.2, 0.25) is 0 Å². The molecule has 5 nitrogen and oxygen atoms in total. The fourth-order valence-corrected chi connectivity index (χ4v) is 0.332. The first kappa shape index (κ1) is 8.61. The summed E-state index contributed by atoms with van der Waals surface area (Å²) in [6.07, 6.45) is 0. The van der Waals surface area contributed by atoms with Crippen molar-refractivity contribution in [3.8, 4) is 0 Å². The van der Waals surface area contributed by atoms with Crippen molar-refractivity contribution in [3.05, 3.63) is 0 Å². The molecule has 56 valence electrons. The highest BCUT2D eigenvalue weighted by Crippen LogP contribution is 1.75. The maximum Gasteiger partial charge on any atom is 0.315 e. The number of carbonyl (C=O) groups excluding carboxylic acids is 1. The standard InChI is InChI=1S/C5H9N3O2/c1-4(9)7-5(10-3)8-6-2/h2H2,1,3H3,(H,7,8,9). The molecule has 1 amide bonds. The molecule has 0 bridgehead atoms. The Morgan fingerprint density at radius 1 is 1.70 bits per heavy atom. The van der Waals surface area contributed by atoms with Crippen molar-refractivity contribution in [1.82, 2.24) is 5.32 Å². The minimum absolute atomic E-state index is 0.0440. The molecule has 0 fully saturated rings. The SMILES string of the molecule is C=N/N=C(/NC(C)=O)OC. The summed E-state index contributed by atoms with van der Waals surface area (Å²) in [4.78, 5) is 10.4. The summed E-state index contributed by atoms with van der Waals surface area (Å²) in [5.74, 6) is -0.260. The first-order valence-corrected chi connectivity index (χ1v) is 2.56. The van der Waals surface area contributed by atoms with E-state index in [9.17, 15) is 4.79 Å². The first-order valence-electron chi connectivity index (χ1n) is 2.56. The van der Waals surface area contributed by atoms with E-state index in [1.54, 1.807) is 0 Å². The minimum Gasteiger partial charge on any atom is -0.467 e. The molecule has 0 aromatic rings. The third-order valence-electron chi connectivity index (χ3n) is 0.638. The zero-order chi connectivity index (χ0) is 7.98. The molecule has 10 heavy (non-hydrogen) atoms. The number of ether oxygens (including phenoxy) is 1. The van der Waals surface area contributed by atoms with E-state index in [2.05, 4.69) is 27.0 Å². The molecule has 0 aliphatic heterocycles. The number of rotatable bonds is 1. The van der Waals surface area contributed by atoms with Gasteiger partial charge in [0.05, 0.1) is 7.11 Å². The van der Waals surface area contributed by atoms with Crippen LogP contribution in [0.3, 0.4) is 0 Å².